The Balaban J connectivity index is 1.44. The first-order valence-electron chi connectivity index (χ1n) is 9.34. The number of piperidine rings is 1. The smallest absolute Gasteiger partial charge is 0.227 e. The quantitative estimate of drug-likeness (QED) is 0.818. The average molecular weight is 384 g/mol. The number of carbonyl (C=O) groups is 2. The largest absolute Gasteiger partial charge is 0.338 e. The summed E-state index contributed by atoms with van der Waals surface area (Å²) in [5.74, 6) is 0.0896. The van der Waals surface area contributed by atoms with Crippen molar-refractivity contribution in [1.82, 2.24) is 14.8 Å². The lowest BCUT2D eigenvalue weighted by Gasteiger charge is -2.36. The molecule has 1 unspecified atom stereocenters. The van der Waals surface area contributed by atoms with Gasteiger partial charge in [0.2, 0.25) is 11.8 Å². The van der Waals surface area contributed by atoms with Crippen LogP contribution in [0.4, 0.5) is 0 Å². The fourth-order valence-corrected chi connectivity index (χ4v) is 4.25. The SMILES string of the molecule is O=C1CCC(C(=O)N2CCc3c(Cl)cccc3C2)CN1Cc1ccccn1. The zero-order valence-electron chi connectivity index (χ0n) is 15.1. The highest BCUT2D eigenvalue weighted by atomic mass is 35.5. The first-order valence-corrected chi connectivity index (χ1v) is 9.72. The normalized spacial score (nSPS) is 19.7. The second-order valence-electron chi connectivity index (χ2n) is 7.22. The van der Waals surface area contributed by atoms with E-state index in [9.17, 15) is 9.59 Å². The monoisotopic (exact) mass is 383 g/mol. The Morgan fingerprint density at radius 2 is 2.07 bits per heavy atom. The van der Waals surface area contributed by atoms with Crippen molar-refractivity contribution in [2.75, 3.05) is 13.1 Å². The number of carbonyl (C=O) groups excluding carboxylic acids is 2. The topological polar surface area (TPSA) is 53.5 Å². The van der Waals surface area contributed by atoms with Crippen molar-refractivity contribution in [2.24, 2.45) is 5.92 Å². The molecule has 0 spiro atoms. The summed E-state index contributed by atoms with van der Waals surface area (Å²) >= 11 is 6.28. The van der Waals surface area contributed by atoms with Crippen LogP contribution in [0, 0.1) is 5.92 Å². The van der Waals surface area contributed by atoms with Gasteiger partial charge in [-0.25, -0.2) is 0 Å². The molecule has 0 N–H and O–H groups in total. The van der Waals surface area contributed by atoms with Crippen molar-refractivity contribution in [3.05, 3.63) is 64.4 Å². The van der Waals surface area contributed by atoms with Gasteiger partial charge in [-0.2, -0.15) is 0 Å². The summed E-state index contributed by atoms with van der Waals surface area (Å²) in [6, 6.07) is 11.6. The zero-order chi connectivity index (χ0) is 18.8. The number of pyridine rings is 1. The van der Waals surface area contributed by atoms with Crippen LogP contribution >= 0.6 is 11.6 Å². The zero-order valence-corrected chi connectivity index (χ0v) is 15.9. The molecular weight excluding hydrogens is 362 g/mol. The predicted molar refractivity (Wildman–Crippen MR) is 103 cm³/mol. The summed E-state index contributed by atoms with van der Waals surface area (Å²) in [6.07, 6.45) is 3.54. The van der Waals surface area contributed by atoms with E-state index in [2.05, 4.69) is 4.98 Å². The van der Waals surface area contributed by atoms with Gasteiger partial charge in [0, 0.05) is 37.3 Å². The highest BCUT2D eigenvalue weighted by Crippen LogP contribution is 2.28. The highest BCUT2D eigenvalue weighted by Gasteiger charge is 2.34. The maximum absolute atomic E-state index is 13.1. The van der Waals surface area contributed by atoms with Crippen LogP contribution in [0.5, 0.6) is 0 Å². The van der Waals surface area contributed by atoms with Gasteiger partial charge in [-0.3, -0.25) is 14.6 Å². The molecule has 5 nitrogen and oxygen atoms in total. The third-order valence-corrected chi connectivity index (χ3v) is 5.80. The van der Waals surface area contributed by atoms with Gasteiger partial charge < -0.3 is 9.80 Å². The van der Waals surface area contributed by atoms with E-state index in [0.29, 0.717) is 39.0 Å². The molecule has 140 valence electrons. The Kier molecular flexibility index (Phi) is 5.12. The molecule has 2 amide bonds. The van der Waals surface area contributed by atoms with Gasteiger partial charge in [0.25, 0.3) is 0 Å². The minimum Gasteiger partial charge on any atom is -0.338 e. The lowest BCUT2D eigenvalue weighted by Crippen LogP contribution is -2.47. The number of benzene rings is 1. The minimum atomic E-state index is -0.146. The summed E-state index contributed by atoms with van der Waals surface area (Å²) in [5.41, 5.74) is 3.12. The molecule has 6 heteroatoms. The summed E-state index contributed by atoms with van der Waals surface area (Å²) in [5, 5.41) is 0.782. The summed E-state index contributed by atoms with van der Waals surface area (Å²) in [6.45, 7) is 2.20. The highest BCUT2D eigenvalue weighted by molar-refractivity contribution is 6.31. The number of aromatic nitrogens is 1. The van der Waals surface area contributed by atoms with Crippen LogP contribution in [-0.4, -0.2) is 39.7 Å². The number of amides is 2. The Labute approximate surface area is 163 Å². The number of hydrogen-bond acceptors (Lipinski definition) is 3. The second kappa shape index (κ2) is 7.69. The molecule has 1 fully saturated rings. The molecule has 1 aromatic carbocycles. The third-order valence-electron chi connectivity index (χ3n) is 5.45. The van der Waals surface area contributed by atoms with Crippen LogP contribution < -0.4 is 0 Å². The minimum absolute atomic E-state index is 0.0977. The molecule has 0 aliphatic carbocycles. The molecule has 1 saturated heterocycles. The molecule has 0 bridgehead atoms. The maximum Gasteiger partial charge on any atom is 0.227 e. The molecular formula is C21H22ClN3O2. The van der Waals surface area contributed by atoms with Crippen LogP contribution in [0.1, 0.15) is 29.7 Å². The van der Waals surface area contributed by atoms with Crippen molar-refractivity contribution in [3.8, 4) is 0 Å². The van der Waals surface area contributed by atoms with Crippen molar-refractivity contribution in [2.45, 2.75) is 32.4 Å². The van der Waals surface area contributed by atoms with Crippen molar-refractivity contribution in [3.63, 3.8) is 0 Å². The number of hydrogen-bond donors (Lipinski definition) is 0. The van der Waals surface area contributed by atoms with Gasteiger partial charge in [-0.05, 0) is 42.2 Å². The van der Waals surface area contributed by atoms with Gasteiger partial charge in [0.1, 0.15) is 0 Å². The second-order valence-corrected chi connectivity index (χ2v) is 7.63. The van der Waals surface area contributed by atoms with Crippen LogP contribution in [0.15, 0.2) is 42.6 Å². The average Bonchev–Trinajstić information content (AvgIpc) is 2.70. The van der Waals surface area contributed by atoms with Crippen LogP contribution in [0.3, 0.4) is 0 Å². The van der Waals surface area contributed by atoms with Crippen molar-refractivity contribution >= 4 is 23.4 Å². The Morgan fingerprint density at radius 3 is 2.89 bits per heavy atom. The van der Waals surface area contributed by atoms with Crippen molar-refractivity contribution in [1.29, 1.82) is 0 Å². The van der Waals surface area contributed by atoms with Crippen LogP contribution in [0.2, 0.25) is 5.02 Å². The fourth-order valence-electron chi connectivity index (χ4n) is 3.97. The maximum atomic E-state index is 13.1. The van der Waals surface area contributed by atoms with Gasteiger partial charge >= 0.3 is 0 Å². The van der Waals surface area contributed by atoms with E-state index in [0.717, 1.165) is 28.3 Å². The van der Waals surface area contributed by atoms with Gasteiger partial charge in [-0.1, -0.05) is 29.8 Å². The van der Waals surface area contributed by atoms with Gasteiger partial charge in [0.15, 0.2) is 0 Å². The van der Waals surface area contributed by atoms with E-state index < -0.39 is 0 Å². The molecule has 0 radical (unpaired) electrons. The molecule has 2 aliphatic heterocycles. The Morgan fingerprint density at radius 1 is 1.19 bits per heavy atom. The lowest BCUT2D eigenvalue weighted by molar-refractivity contribution is -0.144. The summed E-state index contributed by atoms with van der Waals surface area (Å²) in [7, 11) is 0. The number of halogens is 1. The standard InChI is InChI=1S/C21H22ClN3O2/c22-19-6-3-4-15-12-24(11-9-18(15)19)21(27)16-7-8-20(26)25(13-16)14-17-5-1-2-10-23-17/h1-6,10,16H,7-9,11-14H2. The Bertz CT molecular complexity index is 856. The van der Waals surface area contributed by atoms with Crippen molar-refractivity contribution < 1.29 is 9.59 Å². The number of likely N-dealkylation sites (tertiary alicyclic amines) is 1. The molecule has 1 atom stereocenters. The van der Waals surface area contributed by atoms with Crippen LogP contribution in [-0.2, 0) is 29.1 Å². The lowest BCUT2D eigenvalue weighted by atomic mass is 9.93. The van der Waals surface area contributed by atoms with Crippen LogP contribution in [0.25, 0.3) is 0 Å². The van der Waals surface area contributed by atoms with E-state index >= 15 is 0 Å². The molecule has 1 aromatic heterocycles. The molecule has 4 rings (SSSR count). The van der Waals surface area contributed by atoms with E-state index in [1.165, 1.54) is 0 Å². The number of nitrogens with zero attached hydrogens (tertiary/aromatic N) is 3. The first kappa shape index (κ1) is 18.0. The van der Waals surface area contributed by atoms with Gasteiger partial charge in [-0.15, -0.1) is 0 Å². The molecule has 27 heavy (non-hydrogen) atoms. The van der Waals surface area contributed by atoms with E-state index in [1.807, 2.05) is 41.3 Å². The molecule has 2 aromatic rings. The van der Waals surface area contributed by atoms with E-state index in [1.54, 1.807) is 11.1 Å². The summed E-state index contributed by atoms with van der Waals surface area (Å²) in [4.78, 5) is 33.4. The fraction of sp³-hybridized carbons (Fsp3) is 0.381. The summed E-state index contributed by atoms with van der Waals surface area (Å²) < 4.78 is 0. The first-order chi connectivity index (χ1) is 13.1. The Hall–Kier alpha value is -2.40. The predicted octanol–water partition coefficient (Wildman–Crippen LogP) is 3.06. The van der Waals surface area contributed by atoms with E-state index in [4.69, 9.17) is 11.6 Å². The van der Waals surface area contributed by atoms with E-state index in [-0.39, 0.29) is 17.7 Å². The van der Waals surface area contributed by atoms with Gasteiger partial charge in [0.05, 0.1) is 18.2 Å². The molecule has 0 saturated carbocycles. The number of fused-ring (bicyclic) bond motifs is 1. The number of rotatable bonds is 3. The third kappa shape index (κ3) is 3.83. The molecule has 2 aliphatic rings. The molecule has 3 heterocycles.